The number of anilines is 2. The highest BCUT2D eigenvalue weighted by molar-refractivity contribution is 6.31. The Morgan fingerprint density at radius 1 is 1.14 bits per heavy atom. The van der Waals surface area contributed by atoms with Gasteiger partial charge in [0.05, 0.1) is 41.0 Å². The molecule has 0 spiro atoms. The molecule has 8 nitrogen and oxygen atoms in total. The SMILES string of the molecule is COC(=O)Nc1ccc2c(c1)NC(=O)[C@H](C)C(F)CC[C@H](N1CCC(c3c(F)ccc(Cl)c3F)=CC1=O)c1cc-2ccn1. The van der Waals surface area contributed by atoms with Gasteiger partial charge in [-0.3, -0.25) is 19.9 Å². The Kier molecular flexibility index (Phi) is 8.72. The van der Waals surface area contributed by atoms with Crippen molar-refractivity contribution in [2.45, 2.75) is 38.4 Å². The molecule has 3 aromatic rings. The van der Waals surface area contributed by atoms with Crippen molar-refractivity contribution in [2.75, 3.05) is 24.3 Å². The minimum atomic E-state index is -1.55. The van der Waals surface area contributed by atoms with Crippen LogP contribution in [0.15, 0.2) is 54.7 Å². The summed E-state index contributed by atoms with van der Waals surface area (Å²) in [4.78, 5) is 44.3. The molecule has 1 unspecified atom stereocenters. The highest BCUT2D eigenvalue weighted by Crippen LogP contribution is 2.38. The monoisotopic (exact) mass is 612 g/mol. The van der Waals surface area contributed by atoms with E-state index in [4.69, 9.17) is 11.6 Å². The molecule has 3 atom stereocenters. The van der Waals surface area contributed by atoms with Gasteiger partial charge in [0.1, 0.15) is 12.0 Å². The number of pyridine rings is 1. The van der Waals surface area contributed by atoms with Crippen LogP contribution in [0, 0.1) is 17.6 Å². The van der Waals surface area contributed by atoms with Crippen molar-refractivity contribution in [3.8, 4) is 11.1 Å². The second-order valence-corrected chi connectivity index (χ2v) is 10.8. The summed E-state index contributed by atoms with van der Waals surface area (Å²) >= 11 is 5.87. The Labute approximate surface area is 250 Å². The third-order valence-electron chi connectivity index (χ3n) is 7.76. The van der Waals surface area contributed by atoms with Crippen molar-refractivity contribution in [2.24, 2.45) is 5.92 Å². The summed E-state index contributed by atoms with van der Waals surface area (Å²) in [5, 5.41) is 5.07. The van der Waals surface area contributed by atoms with E-state index in [2.05, 4.69) is 20.4 Å². The first-order chi connectivity index (χ1) is 20.6. The van der Waals surface area contributed by atoms with E-state index in [1.807, 2.05) is 0 Å². The summed E-state index contributed by atoms with van der Waals surface area (Å²) in [6, 6.07) is 9.82. The first kappa shape index (κ1) is 30.1. The van der Waals surface area contributed by atoms with Gasteiger partial charge in [-0.15, -0.1) is 0 Å². The topological polar surface area (TPSA) is 101 Å². The number of fused-ring (bicyclic) bond motifs is 4. The average molecular weight is 613 g/mol. The molecule has 0 aliphatic carbocycles. The zero-order chi connectivity index (χ0) is 30.8. The molecule has 3 heterocycles. The number of carbonyl (C=O) groups is 3. The number of rotatable bonds is 3. The lowest BCUT2D eigenvalue weighted by atomic mass is 9.92. The number of methoxy groups -OCH3 is 1. The third-order valence-corrected chi connectivity index (χ3v) is 8.05. The van der Waals surface area contributed by atoms with Crippen LogP contribution in [0.1, 0.15) is 43.5 Å². The van der Waals surface area contributed by atoms with E-state index >= 15 is 4.39 Å². The van der Waals surface area contributed by atoms with Crippen molar-refractivity contribution < 1.29 is 32.3 Å². The van der Waals surface area contributed by atoms with E-state index in [9.17, 15) is 23.2 Å². The molecular formula is C31H28ClF3N4O4. The number of aromatic nitrogens is 1. The number of nitrogens with one attached hydrogen (secondary N) is 2. The molecule has 2 bridgehead atoms. The molecule has 2 N–H and O–H groups in total. The van der Waals surface area contributed by atoms with Crippen molar-refractivity contribution in [1.82, 2.24) is 9.88 Å². The fourth-order valence-corrected chi connectivity index (χ4v) is 5.53. The highest BCUT2D eigenvalue weighted by Gasteiger charge is 2.33. The number of ether oxygens (including phenoxy) is 1. The van der Waals surface area contributed by atoms with Crippen LogP contribution in [0.2, 0.25) is 5.02 Å². The number of benzene rings is 2. The molecule has 1 aromatic heterocycles. The van der Waals surface area contributed by atoms with Crippen LogP contribution in [0.5, 0.6) is 0 Å². The largest absolute Gasteiger partial charge is 0.453 e. The smallest absolute Gasteiger partial charge is 0.411 e. The minimum absolute atomic E-state index is 0.0557. The second-order valence-electron chi connectivity index (χ2n) is 10.4. The van der Waals surface area contributed by atoms with Crippen LogP contribution < -0.4 is 10.6 Å². The minimum Gasteiger partial charge on any atom is -0.453 e. The molecule has 0 saturated heterocycles. The summed E-state index contributed by atoms with van der Waals surface area (Å²) in [6.45, 7) is 1.57. The Morgan fingerprint density at radius 2 is 1.93 bits per heavy atom. The predicted octanol–water partition coefficient (Wildman–Crippen LogP) is 6.92. The Bertz CT molecular complexity index is 1630. The fourth-order valence-electron chi connectivity index (χ4n) is 5.37. The van der Waals surface area contributed by atoms with Gasteiger partial charge in [-0.2, -0.15) is 0 Å². The molecule has 0 fully saturated rings. The molecule has 2 aromatic carbocycles. The molecule has 0 saturated carbocycles. The standard InChI is InChI=1S/C31H28ClF3N4O4/c1-16-22(33)7-8-26(39-12-10-18(14-27(39)40)28-23(34)6-5-21(32)29(28)35)25-13-17(9-11-36-25)20-4-3-19(37-31(42)43-2)15-24(20)38-30(16)41/h3-6,9,11,13-16,22,26H,7-8,10,12H2,1-2H3,(H,37,42)(H,38,41)/t16-,22?,26+/m1/s1. The van der Waals surface area contributed by atoms with Gasteiger partial charge in [-0.25, -0.2) is 18.0 Å². The third kappa shape index (κ3) is 6.22. The molecule has 3 amide bonds. The second kappa shape index (κ2) is 12.5. The van der Waals surface area contributed by atoms with Crippen LogP contribution in [-0.4, -0.2) is 47.6 Å². The van der Waals surface area contributed by atoms with Gasteiger partial charge in [0.2, 0.25) is 11.8 Å². The molecule has 5 rings (SSSR count). The lowest BCUT2D eigenvalue weighted by Gasteiger charge is -2.35. The molecular weight excluding hydrogens is 585 g/mol. The first-order valence-electron chi connectivity index (χ1n) is 13.6. The maximum absolute atomic E-state index is 15.4. The van der Waals surface area contributed by atoms with E-state index in [0.29, 0.717) is 28.2 Å². The van der Waals surface area contributed by atoms with Crippen LogP contribution in [0.3, 0.4) is 0 Å². The van der Waals surface area contributed by atoms with Gasteiger partial charge in [0.25, 0.3) is 0 Å². The molecule has 0 radical (unpaired) electrons. The van der Waals surface area contributed by atoms with Gasteiger partial charge in [0, 0.05) is 30.1 Å². The number of carbonyl (C=O) groups excluding carboxylic acids is 3. The van der Waals surface area contributed by atoms with E-state index < -0.39 is 47.7 Å². The summed E-state index contributed by atoms with van der Waals surface area (Å²) in [7, 11) is 1.22. The highest BCUT2D eigenvalue weighted by atomic mass is 35.5. The Hall–Kier alpha value is -4.38. The molecule has 12 heteroatoms. The van der Waals surface area contributed by atoms with Crippen LogP contribution in [-0.2, 0) is 14.3 Å². The van der Waals surface area contributed by atoms with Gasteiger partial charge < -0.3 is 15.0 Å². The number of halogens is 4. The lowest BCUT2D eigenvalue weighted by Crippen LogP contribution is -2.38. The zero-order valence-corrected chi connectivity index (χ0v) is 24.1. The van der Waals surface area contributed by atoms with Gasteiger partial charge >= 0.3 is 6.09 Å². The first-order valence-corrected chi connectivity index (χ1v) is 14.0. The van der Waals surface area contributed by atoms with Crippen LogP contribution in [0.25, 0.3) is 16.7 Å². The number of hydrogen-bond donors (Lipinski definition) is 2. The van der Waals surface area contributed by atoms with Crippen molar-refractivity contribution in [3.05, 3.63) is 82.7 Å². The van der Waals surface area contributed by atoms with Crippen molar-refractivity contribution in [3.63, 3.8) is 0 Å². The lowest BCUT2D eigenvalue weighted by molar-refractivity contribution is -0.129. The molecule has 2 aliphatic rings. The number of nitrogens with zero attached hydrogens (tertiary/aromatic N) is 2. The normalized spacial score (nSPS) is 20.7. The number of hydrogen-bond acceptors (Lipinski definition) is 5. The van der Waals surface area contributed by atoms with Crippen molar-refractivity contribution in [1.29, 1.82) is 0 Å². The Balaban J connectivity index is 1.55. The molecule has 224 valence electrons. The maximum atomic E-state index is 15.4. The van der Waals surface area contributed by atoms with Gasteiger partial charge in [0.15, 0.2) is 5.82 Å². The van der Waals surface area contributed by atoms with Crippen molar-refractivity contribution >= 4 is 46.5 Å². The molecule has 2 aliphatic heterocycles. The van der Waals surface area contributed by atoms with Gasteiger partial charge in [-0.05, 0) is 66.8 Å². The summed E-state index contributed by atoms with van der Waals surface area (Å²) in [5.74, 6) is -3.86. The van der Waals surface area contributed by atoms with E-state index in [-0.39, 0.29) is 42.0 Å². The summed E-state index contributed by atoms with van der Waals surface area (Å²) in [5.41, 5.74) is 2.23. The fraction of sp³-hybridized carbons (Fsp3) is 0.290. The van der Waals surface area contributed by atoms with Crippen LogP contribution >= 0.6 is 11.6 Å². The quantitative estimate of drug-likeness (QED) is 0.313. The zero-order valence-electron chi connectivity index (χ0n) is 23.3. The van der Waals surface area contributed by atoms with E-state index in [1.165, 1.54) is 25.0 Å². The molecule has 43 heavy (non-hydrogen) atoms. The summed E-state index contributed by atoms with van der Waals surface area (Å²) < 4.78 is 49.4. The maximum Gasteiger partial charge on any atom is 0.411 e. The predicted molar refractivity (Wildman–Crippen MR) is 156 cm³/mol. The summed E-state index contributed by atoms with van der Waals surface area (Å²) in [6.07, 6.45) is 0.707. The van der Waals surface area contributed by atoms with E-state index in [1.54, 1.807) is 36.5 Å². The Morgan fingerprint density at radius 3 is 2.67 bits per heavy atom. The van der Waals surface area contributed by atoms with E-state index in [0.717, 1.165) is 12.1 Å². The van der Waals surface area contributed by atoms with Gasteiger partial charge in [-0.1, -0.05) is 24.6 Å². The average Bonchev–Trinajstić information content (AvgIpc) is 2.99. The number of alkyl halides is 1. The van der Waals surface area contributed by atoms with Crippen LogP contribution in [0.4, 0.5) is 29.3 Å². The number of amides is 3.